The minimum atomic E-state index is 0. The van der Waals surface area contributed by atoms with Gasteiger partial charge in [-0.25, -0.2) is 0 Å². The Balaban J connectivity index is 0.00000220. The Kier molecular flexibility index (Phi) is 8.09. The lowest BCUT2D eigenvalue weighted by Crippen LogP contribution is -2.30. The number of rotatable bonds is 5. The molecule has 21 heavy (non-hydrogen) atoms. The van der Waals surface area contributed by atoms with Crippen molar-refractivity contribution in [3.8, 4) is 0 Å². The first-order valence-electron chi connectivity index (χ1n) is 7.40. The molecule has 1 fully saturated rings. The van der Waals surface area contributed by atoms with Crippen LogP contribution < -0.4 is 10.6 Å². The molecule has 0 spiro atoms. The third-order valence-electron chi connectivity index (χ3n) is 3.99. The summed E-state index contributed by atoms with van der Waals surface area (Å²) in [7, 11) is 0. The van der Waals surface area contributed by atoms with Gasteiger partial charge in [0, 0.05) is 11.4 Å². The van der Waals surface area contributed by atoms with E-state index in [1.165, 1.54) is 12.8 Å². The van der Waals surface area contributed by atoms with Crippen LogP contribution in [-0.4, -0.2) is 19.0 Å². The minimum absolute atomic E-state index is 0. The van der Waals surface area contributed by atoms with E-state index in [0.29, 0.717) is 12.3 Å². The summed E-state index contributed by atoms with van der Waals surface area (Å²) in [5, 5.41) is 7.13. The molecule has 0 saturated carbocycles. The molecule has 0 radical (unpaired) electrons. The summed E-state index contributed by atoms with van der Waals surface area (Å²) in [6.45, 7) is 4.19. The predicted octanol–water partition coefficient (Wildman–Crippen LogP) is 3.72. The molecule has 3 nitrogen and oxygen atoms in total. The van der Waals surface area contributed by atoms with Gasteiger partial charge in [0.05, 0.1) is 6.04 Å². The van der Waals surface area contributed by atoms with Crippen molar-refractivity contribution in [3.05, 3.63) is 34.9 Å². The summed E-state index contributed by atoms with van der Waals surface area (Å²) >= 11 is 5.87. The van der Waals surface area contributed by atoms with Gasteiger partial charge in [-0.3, -0.25) is 4.79 Å². The maximum Gasteiger partial charge on any atom is 0.220 e. The Morgan fingerprint density at radius 3 is 2.57 bits per heavy atom. The molecule has 118 valence electrons. The average Bonchev–Trinajstić information content (AvgIpc) is 2.47. The average molecular weight is 331 g/mol. The quantitative estimate of drug-likeness (QED) is 0.863. The Hall–Kier alpha value is -0.770. The van der Waals surface area contributed by atoms with Crippen molar-refractivity contribution in [2.75, 3.05) is 13.1 Å². The van der Waals surface area contributed by atoms with Gasteiger partial charge < -0.3 is 10.6 Å². The minimum Gasteiger partial charge on any atom is -0.350 e. The molecule has 2 rings (SSSR count). The van der Waals surface area contributed by atoms with E-state index in [9.17, 15) is 4.79 Å². The number of amides is 1. The first-order valence-corrected chi connectivity index (χ1v) is 7.78. The van der Waals surface area contributed by atoms with Gasteiger partial charge in [-0.15, -0.1) is 12.4 Å². The highest BCUT2D eigenvalue weighted by Crippen LogP contribution is 2.19. The van der Waals surface area contributed by atoms with E-state index >= 15 is 0 Å². The van der Waals surface area contributed by atoms with E-state index in [1.54, 1.807) is 0 Å². The highest BCUT2D eigenvalue weighted by atomic mass is 35.5. The zero-order chi connectivity index (χ0) is 14.4. The van der Waals surface area contributed by atoms with Crippen LogP contribution in [0.2, 0.25) is 5.02 Å². The van der Waals surface area contributed by atoms with Gasteiger partial charge in [0.25, 0.3) is 0 Å². The zero-order valence-corrected chi connectivity index (χ0v) is 14.0. The normalized spacial score (nSPS) is 16.9. The van der Waals surface area contributed by atoms with Gasteiger partial charge in [0.2, 0.25) is 5.91 Å². The van der Waals surface area contributed by atoms with E-state index in [1.807, 2.05) is 31.2 Å². The van der Waals surface area contributed by atoms with Gasteiger partial charge in [-0.05, 0) is 62.9 Å². The lowest BCUT2D eigenvalue weighted by atomic mass is 9.93. The van der Waals surface area contributed by atoms with Gasteiger partial charge in [0.1, 0.15) is 0 Å². The summed E-state index contributed by atoms with van der Waals surface area (Å²) in [6, 6.07) is 7.66. The van der Waals surface area contributed by atoms with E-state index in [2.05, 4.69) is 10.6 Å². The molecule has 0 aliphatic carbocycles. The molecule has 5 heteroatoms. The highest BCUT2D eigenvalue weighted by Gasteiger charge is 2.15. The zero-order valence-electron chi connectivity index (χ0n) is 12.4. The van der Waals surface area contributed by atoms with Crippen LogP contribution in [0, 0.1) is 5.92 Å². The van der Waals surface area contributed by atoms with Crippen LogP contribution in [0.1, 0.15) is 44.2 Å². The fourth-order valence-electron chi connectivity index (χ4n) is 2.65. The Morgan fingerprint density at radius 1 is 1.33 bits per heavy atom. The lowest BCUT2D eigenvalue weighted by Gasteiger charge is -2.22. The van der Waals surface area contributed by atoms with Crippen molar-refractivity contribution < 1.29 is 4.79 Å². The van der Waals surface area contributed by atoms with Crippen molar-refractivity contribution in [3.63, 3.8) is 0 Å². The van der Waals surface area contributed by atoms with Crippen LogP contribution >= 0.6 is 24.0 Å². The predicted molar refractivity (Wildman–Crippen MR) is 90.1 cm³/mol. The molecule has 1 atom stereocenters. The maximum absolute atomic E-state index is 12.0. The summed E-state index contributed by atoms with van der Waals surface area (Å²) in [5.41, 5.74) is 1.09. The van der Waals surface area contributed by atoms with Crippen molar-refractivity contribution in [2.45, 2.75) is 38.6 Å². The molecule has 1 heterocycles. The summed E-state index contributed by atoms with van der Waals surface area (Å²) in [4.78, 5) is 12.0. The van der Waals surface area contributed by atoms with Crippen LogP contribution in [0.15, 0.2) is 24.3 Å². The lowest BCUT2D eigenvalue weighted by molar-refractivity contribution is -0.122. The molecule has 1 unspecified atom stereocenters. The second kappa shape index (κ2) is 9.29. The van der Waals surface area contributed by atoms with E-state index in [0.717, 1.165) is 30.1 Å². The molecule has 0 aromatic heterocycles. The number of nitrogens with one attached hydrogen (secondary N) is 2. The molecule has 1 aliphatic heterocycles. The summed E-state index contributed by atoms with van der Waals surface area (Å²) < 4.78 is 0. The first-order chi connectivity index (χ1) is 9.65. The van der Waals surface area contributed by atoms with Gasteiger partial charge >= 0.3 is 0 Å². The Morgan fingerprint density at radius 2 is 1.95 bits per heavy atom. The molecule has 0 bridgehead atoms. The monoisotopic (exact) mass is 330 g/mol. The van der Waals surface area contributed by atoms with E-state index in [4.69, 9.17) is 11.6 Å². The third kappa shape index (κ3) is 6.25. The number of piperidine rings is 1. The van der Waals surface area contributed by atoms with Gasteiger partial charge in [-0.1, -0.05) is 23.7 Å². The smallest absolute Gasteiger partial charge is 0.220 e. The van der Waals surface area contributed by atoms with Gasteiger partial charge in [0.15, 0.2) is 0 Å². The van der Waals surface area contributed by atoms with E-state index < -0.39 is 0 Å². The number of halogens is 2. The highest BCUT2D eigenvalue weighted by molar-refractivity contribution is 6.30. The fourth-order valence-corrected chi connectivity index (χ4v) is 2.78. The van der Waals surface area contributed by atoms with Crippen molar-refractivity contribution >= 4 is 29.9 Å². The molecule has 1 amide bonds. The summed E-state index contributed by atoms with van der Waals surface area (Å²) in [6.07, 6.45) is 4.02. The number of carbonyl (C=O) groups is 1. The Labute approximate surface area is 138 Å². The molecule has 2 N–H and O–H groups in total. The first kappa shape index (κ1) is 18.3. The molecule has 1 saturated heterocycles. The number of benzene rings is 1. The van der Waals surface area contributed by atoms with Crippen LogP contribution in [0.4, 0.5) is 0 Å². The molecule has 1 aromatic carbocycles. The van der Waals surface area contributed by atoms with E-state index in [-0.39, 0.29) is 24.4 Å². The van der Waals surface area contributed by atoms with Crippen molar-refractivity contribution in [1.82, 2.24) is 10.6 Å². The SMILES string of the molecule is CC(NC(=O)CCC1CCNCC1)c1ccc(Cl)cc1.Cl. The molecular formula is C16H24Cl2N2O. The molecular weight excluding hydrogens is 307 g/mol. The molecule has 1 aliphatic rings. The second-order valence-electron chi connectivity index (χ2n) is 5.57. The fraction of sp³-hybridized carbons (Fsp3) is 0.562. The molecule has 1 aromatic rings. The van der Waals surface area contributed by atoms with Crippen molar-refractivity contribution in [1.29, 1.82) is 0 Å². The number of carbonyl (C=O) groups excluding carboxylic acids is 1. The number of hydrogen-bond acceptors (Lipinski definition) is 2. The van der Waals surface area contributed by atoms with Crippen LogP contribution in [-0.2, 0) is 4.79 Å². The number of hydrogen-bond donors (Lipinski definition) is 2. The van der Waals surface area contributed by atoms with Crippen LogP contribution in [0.25, 0.3) is 0 Å². The summed E-state index contributed by atoms with van der Waals surface area (Å²) in [5.74, 6) is 0.846. The topological polar surface area (TPSA) is 41.1 Å². The standard InChI is InChI=1S/C16H23ClN2O.ClH/c1-12(14-3-5-15(17)6-4-14)19-16(20)7-2-13-8-10-18-11-9-13;/h3-6,12-13,18H,2,7-11H2,1H3,(H,19,20);1H. The Bertz CT molecular complexity index is 430. The van der Waals surface area contributed by atoms with Crippen LogP contribution in [0.5, 0.6) is 0 Å². The van der Waals surface area contributed by atoms with Gasteiger partial charge in [-0.2, -0.15) is 0 Å². The maximum atomic E-state index is 12.0. The second-order valence-corrected chi connectivity index (χ2v) is 6.01. The largest absolute Gasteiger partial charge is 0.350 e. The van der Waals surface area contributed by atoms with Crippen LogP contribution in [0.3, 0.4) is 0 Å². The third-order valence-corrected chi connectivity index (χ3v) is 4.24. The van der Waals surface area contributed by atoms with Crippen molar-refractivity contribution in [2.24, 2.45) is 5.92 Å².